The molecule has 11 heteroatoms. The summed E-state index contributed by atoms with van der Waals surface area (Å²) in [6, 6.07) is 6.68. The average Bonchev–Trinajstić information content (AvgIpc) is 3.47. The molecule has 1 aromatic carbocycles. The normalized spacial score (nSPS) is 18.7. The number of aromatic nitrogens is 4. The Hall–Kier alpha value is -2.20. The number of halogens is 2. The molecule has 5 rings (SSSR count). The predicted octanol–water partition coefficient (Wildman–Crippen LogP) is 2.62. The van der Waals surface area contributed by atoms with Gasteiger partial charge in [0.25, 0.3) is 0 Å². The van der Waals surface area contributed by atoms with Gasteiger partial charge in [0.05, 0.1) is 26.5 Å². The van der Waals surface area contributed by atoms with Gasteiger partial charge in [0, 0.05) is 44.1 Å². The molecule has 0 aliphatic carbocycles. The van der Waals surface area contributed by atoms with Gasteiger partial charge in [-0.2, -0.15) is 5.10 Å². The van der Waals surface area contributed by atoms with E-state index in [1.165, 1.54) is 0 Å². The maximum absolute atomic E-state index is 13.3. The molecule has 30 heavy (non-hydrogen) atoms. The Balaban J connectivity index is 1.42. The molecule has 0 amide bonds. The number of hydrogen-bond donors (Lipinski definition) is 1. The summed E-state index contributed by atoms with van der Waals surface area (Å²) in [6.45, 7) is 2.20. The van der Waals surface area contributed by atoms with E-state index in [1.54, 1.807) is 41.3 Å². The van der Waals surface area contributed by atoms with Crippen LogP contribution >= 0.6 is 23.2 Å². The standard InChI is InChI=1S/C19H18Cl2N6O2S/c20-15-8-12(27-6-1-5-23-27)2-3-17(15)30(28,29)13-4-7-26(11-13)18-14-9-22-10-16(14)24-19(21)25-18/h1-3,5-6,8,13,22H,4,7,9-11H2/t13-/m0/s1. The van der Waals surface area contributed by atoms with Gasteiger partial charge in [0.2, 0.25) is 5.28 Å². The molecule has 1 fully saturated rings. The van der Waals surface area contributed by atoms with Gasteiger partial charge in [-0.15, -0.1) is 0 Å². The fourth-order valence-electron chi connectivity index (χ4n) is 4.02. The maximum atomic E-state index is 13.3. The highest BCUT2D eigenvalue weighted by molar-refractivity contribution is 7.92. The van der Waals surface area contributed by atoms with Crippen molar-refractivity contribution in [2.75, 3.05) is 18.0 Å². The van der Waals surface area contributed by atoms with Crippen molar-refractivity contribution in [3.63, 3.8) is 0 Å². The zero-order valence-corrected chi connectivity index (χ0v) is 18.1. The van der Waals surface area contributed by atoms with Gasteiger partial charge < -0.3 is 10.2 Å². The van der Waals surface area contributed by atoms with Crippen LogP contribution in [0.2, 0.25) is 10.3 Å². The van der Waals surface area contributed by atoms with Crippen molar-refractivity contribution in [1.82, 2.24) is 25.1 Å². The SMILES string of the molecule is O=S(=O)(c1ccc(-n2cccn2)cc1Cl)[C@H]1CCN(c2nc(Cl)nc3c2CNC3)C1. The van der Waals surface area contributed by atoms with Crippen LogP contribution < -0.4 is 10.2 Å². The van der Waals surface area contributed by atoms with Crippen LogP contribution in [-0.4, -0.2) is 46.5 Å². The van der Waals surface area contributed by atoms with Gasteiger partial charge >= 0.3 is 0 Å². The molecule has 8 nitrogen and oxygen atoms in total. The van der Waals surface area contributed by atoms with Crippen LogP contribution in [0.3, 0.4) is 0 Å². The van der Waals surface area contributed by atoms with Crippen LogP contribution in [0.15, 0.2) is 41.6 Å². The Kier molecular flexibility index (Phi) is 4.93. The fraction of sp³-hybridized carbons (Fsp3) is 0.316. The van der Waals surface area contributed by atoms with E-state index in [0.29, 0.717) is 44.1 Å². The van der Waals surface area contributed by atoms with E-state index in [4.69, 9.17) is 23.2 Å². The van der Waals surface area contributed by atoms with E-state index in [9.17, 15) is 8.42 Å². The molecule has 3 aromatic rings. The second-order valence-electron chi connectivity index (χ2n) is 7.31. The van der Waals surface area contributed by atoms with Crippen LogP contribution in [0.5, 0.6) is 0 Å². The molecule has 0 radical (unpaired) electrons. The minimum Gasteiger partial charge on any atom is -0.355 e. The minimum atomic E-state index is -3.62. The lowest BCUT2D eigenvalue weighted by Gasteiger charge is -2.20. The van der Waals surface area contributed by atoms with Gasteiger partial charge in [-0.3, -0.25) is 0 Å². The third-order valence-corrected chi connectivity index (χ3v) is 8.34. The van der Waals surface area contributed by atoms with Gasteiger partial charge in [0.1, 0.15) is 5.82 Å². The van der Waals surface area contributed by atoms with Crippen LogP contribution in [0.1, 0.15) is 17.7 Å². The van der Waals surface area contributed by atoms with E-state index >= 15 is 0 Å². The lowest BCUT2D eigenvalue weighted by atomic mass is 10.2. The molecule has 156 valence electrons. The van der Waals surface area contributed by atoms with Crippen molar-refractivity contribution in [3.8, 4) is 5.69 Å². The molecule has 0 bridgehead atoms. The topological polar surface area (TPSA) is 93.0 Å². The van der Waals surface area contributed by atoms with E-state index in [2.05, 4.69) is 20.4 Å². The smallest absolute Gasteiger partial charge is 0.224 e. The Labute approximate surface area is 183 Å². The van der Waals surface area contributed by atoms with Crippen molar-refractivity contribution < 1.29 is 8.42 Å². The van der Waals surface area contributed by atoms with Crippen LogP contribution in [0, 0.1) is 0 Å². The Morgan fingerprint density at radius 3 is 2.80 bits per heavy atom. The average molecular weight is 465 g/mol. The highest BCUT2D eigenvalue weighted by Gasteiger charge is 2.37. The van der Waals surface area contributed by atoms with E-state index in [0.717, 1.165) is 11.3 Å². The first-order valence-corrected chi connectivity index (χ1v) is 11.8. The predicted molar refractivity (Wildman–Crippen MR) is 114 cm³/mol. The summed E-state index contributed by atoms with van der Waals surface area (Å²) in [5.41, 5.74) is 2.56. The number of benzene rings is 1. The van der Waals surface area contributed by atoms with Crippen molar-refractivity contribution in [2.24, 2.45) is 0 Å². The molecule has 1 saturated heterocycles. The Morgan fingerprint density at radius 1 is 1.17 bits per heavy atom. The lowest BCUT2D eigenvalue weighted by molar-refractivity contribution is 0.583. The van der Waals surface area contributed by atoms with Crippen LogP contribution in [0.25, 0.3) is 5.69 Å². The summed E-state index contributed by atoms with van der Waals surface area (Å²) >= 11 is 12.5. The second-order valence-corrected chi connectivity index (χ2v) is 10.3. The molecule has 2 aromatic heterocycles. The number of anilines is 1. The summed E-state index contributed by atoms with van der Waals surface area (Å²) in [6.07, 6.45) is 3.91. The van der Waals surface area contributed by atoms with Crippen molar-refractivity contribution in [1.29, 1.82) is 0 Å². The molecule has 2 aliphatic heterocycles. The maximum Gasteiger partial charge on any atom is 0.224 e. The fourth-order valence-corrected chi connectivity index (χ4v) is 6.44. The largest absolute Gasteiger partial charge is 0.355 e. The summed E-state index contributed by atoms with van der Waals surface area (Å²) in [4.78, 5) is 10.8. The minimum absolute atomic E-state index is 0.138. The van der Waals surface area contributed by atoms with Crippen molar-refractivity contribution in [2.45, 2.75) is 29.7 Å². The molecule has 1 N–H and O–H groups in total. The van der Waals surface area contributed by atoms with E-state index in [1.807, 2.05) is 4.90 Å². The third-order valence-electron chi connectivity index (χ3n) is 5.51. The molecule has 1 atom stereocenters. The van der Waals surface area contributed by atoms with Gasteiger partial charge in [-0.25, -0.2) is 23.1 Å². The summed E-state index contributed by atoms with van der Waals surface area (Å²) in [7, 11) is -3.62. The van der Waals surface area contributed by atoms with Crippen molar-refractivity contribution >= 4 is 38.9 Å². The number of fused-ring (bicyclic) bond motifs is 1. The molecular weight excluding hydrogens is 447 g/mol. The molecule has 2 aliphatic rings. The zero-order valence-electron chi connectivity index (χ0n) is 15.8. The summed E-state index contributed by atoms with van der Waals surface area (Å²) < 4.78 is 28.3. The zero-order chi connectivity index (χ0) is 20.9. The molecule has 0 saturated carbocycles. The molecule has 0 unspecified atom stereocenters. The number of rotatable bonds is 4. The van der Waals surface area contributed by atoms with Gasteiger partial charge in [-0.05, 0) is 42.3 Å². The monoisotopic (exact) mass is 464 g/mol. The van der Waals surface area contributed by atoms with Crippen molar-refractivity contribution in [3.05, 3.63) is 58.2 Å². The first kappa shape index (κ1) is 19.7. The summed E-state index contributed by atoms with van der Waals surface area (Å²) in [5, 5.41) is 7.18. The number of nitrogens with one attached hydrogen (secondary N) is 1. The first-order chi connectivity index (χ1) is 14.4. The summed E-state index contributed by atoms with van der Waals surface area (Å²) in [5.74, 6) is 0.716. The molecule has 4 heterocycles. The van der Waals surface area contributed by atoms with Gasteiger partial charge in [-0.1, -0.05) is 11.6 Å². The van der Waals surface area contributed by atoms with Gasteiger partial charge in [0.15, 0.2) is 9.84 Å². The van der Waals surface area contributed by atoms with E-state index in [-0.39, 0.29) is 15.2 Å². The highest BCUT2D eigenvalue weighted by Crippen LogP contribution is 2.34. The Morgan fingerprint density at radius 2 is 2.03 bits per heavy atom. The second kappa shape index (κ2) is 7.49. The van der Waals surface area contributed by atoms with Crippen LogP contribution in [-0.2, 0) is 22.9 Å². The van der Waals surface area contributed by atoms with Crippen LogP contribution in [0.4, 0.5) is 5.82 Å². The molecular formula is C19H18Cl2N6O2S. The highest BCUT2D eigenvalue weighted by atomic mass is 35.5. The quantitative estimate of drug-likeness (QED) is 0.593. The number of nitrogens with zero attached hydrogens (tertiary/aromatic N) is 5. The first-order valence-electron chi connectivity index (χ1n) is 9.48. The Bertz CT molecular complexity index is 1220. The molecule has 0 spiro atoms. The number of hydrogen-bond acceptors (Lipinski definition) is 7. The van der Waals surface area contributed by atoms with E-state index < -0.39 is 15.1 Å². The lowest BCUT2D eigenvalue weighted by Crippen LogP contribution is -2.28. The number of sulfone groups is 1. The third kappa shape index (κ3) is 3.35.